The van der Waals surface area contributed by atoms with Crippen molar-refractivity contribution in [3.8, 4) is 0 Å². The average Bonchev–Trinajstić information content (AvgIpc) is 2.73. The molecular formula is C15H30N2O4Si. The van der Waals surface area contributed by atoms with Crippen LogP contribution in [0, 0.1) is 0 Å². The molecule has 22 heavy (non-hydrogen) atoms. The number of Topliss-reactive ketones (excluding diaryl/α,β-unsaturated/α-hetero) is 1. The minimum atomic E-state index is -2.16. The third kappa shape index (κ3) is 4.38. The summed E-state index contributed by atoms with van der Waals surface area (Å²) in [6, 6.07) is 0. The van der Waals surface area contributed by atoms with Crippen LogP contribution < -0.4 is 5.84 Å². The van der Waals surface area contributed by atoms with Crippen LogP contribution in [0.2, 0.25) is 18.1 Å². The van der Waals surface area contributed by atoms with Crippen molar-refractivity contribution in [3.63, 3.8) is 0 Å². The normalized spacial score (nSPS) is 24.4. The Bertz CT molecular complexity index is 455. The summed E-state index contributed by atoms with van der Waals surface area (Å²) in [7, 11) is -2.16. The molecule has 1 aliphatic heterocycles. The molecule has 128 valence electrons. The number of hydrogen-bond donors (Lipinski definition) is 1. The molecule has 6 nitrogen and oxygen atoms in total. The second-order valence-electron chi connectivity index (χ2n) is 7.74. The molecule has 1 rings (SSSR count). The number of ketones is 1. The minimum absolute atomic E-state index is 0.0196. The summed E-state index contributed by atoms with van der Waals surface area (Å²) in [5.41, 5.74) is 0.233. The molecule has 1 aliphatic rings. The SMILES string of the molecule is CC(=NN)C(=O)[C@H](O[Si](C)(C)C(C)(C)C)[C@H]1COC(C)(C)O1. The minimum Gasteiger partial charge on any atom is -0.404 e. The molecule has 0 spiro atoms. The summed E-state index contributed by atoms with van der Waals surface area (Å²) in [5, 5.41) is 3.50. The summed E-state index contributed by atoms with van der Waals surface area (Å²) < 4.78 is 17.7. The molecule has 1 saturated heterocycles. The second-order valence-corrected chi connectivity index (χ2v) is 12.5. The lowest BCUT2D eigenvalue weighted by atomic mass is 10.1. The number of nitrogens with two attached hydrogens (primary N) is 1. The summed E-state index contributed by atoms with van der Waals surface area (Å²) in [6.07, 6.45) is -1.19. The predicted octanol–water partition coefficient (Wildman–Crippen LogP) is 2.43. The number of ether oxygens (including phenoxy) is 2. The number of rotatable bonds is 5. The highest BCUT2D eigenvalue weighted by molar-refractivity contribution is 6.74. The van der Waals surface area contributed by atoms with Gasteiger partial charge in [-0.3, -0.25) is 4.79 Å². The number of nitrogens with zero attached hydrogens (tertiary/aromatic N) is 1. The molecule has 0 amide bonds. The Hall–Kier alpha value is -0.763. The fourth-order valence-electron chi connectivity index (χ4n) is 1.93. The summed E-state index contributed by atoms with van der Waals surface area (Å²) >= 11 is 0. The Labute approximate surface area is 134 Å². The van der Waals surface area contributed by atoms with Crippen LogP contribution in [0.3, 0.4) is 0 Å². The average molecular weight is 331 g/mol. The first-order chi connectivity index (χ1) is 9.81. The molecule has 0 aliphatic carbocycles. The zero-order chi connectivity index (χ0) is 17.3. The Kier molecular flexibility index (Phi) is 5.60. The van der Waals surface area contributed by atoms with Crippen LogP contribution in [0.4, 0.5) is 0 Å². The van der Waals surface area contributed by atoms with E-state index < -0.39 is 26.3 Å². The number of carbonyl (C=O) groups excluding carboxylic acids is 1. The van der Waals surface area contributed by atoms with Crippen molar-refractivity contribution >= 4 is 19.8 Å². The largest absolute Gasteiger partial charge is 0.404 e. The van der Waals surface area contributed by atoms with E-state index in [-0.39, 0.29) is 16.5 Å². The molecule has 7 heteroatoms. The first-order valence-corrected chi connectivity index (χ1v) is 10.5. The lowest BCUT2D eigenvalue weighted by Crippen LogP contribution is -2.52. The lowest BCUT2D eigenvalue weighted by Gasteiger charge is -2.40. The van der Waals surface area contributed by atoms with E-state index in [0.717, 1.165) is 0 Å². The van der Waals surface area contributed by atoms with Crippen LogP contribution in [0.1, 0.15) is 41.5 Å². The maximum atomic E-state index is 12.6. The predicted molar refractivity (Wildman–Crippen MR) is 89.3 cm³/mol. The van der Waals surface area contributed by atoms with Gasteiger partial charge < -0.3 is 19.7 Å². The van der Waals surface area contributed by atoms with Gasteiger partial charge >= 0.3 is 0 Å². The number of hydrogen-bond acceptors (Lipinski definition) is 6. The molecule has 0 aromatic rings. The molecule has 0 saturated carbocycles. The fourth-order valence-corrected chi connectivity index (χ4v) is 3.17. The van der Waals surface area contributed by atoms with Crippen molar-refractivity contribution < 1.29 is 18.7 Å². The van der Waals surface area contributed by atoms with Crippen molar-refractivity contribution in [1.82, 2.24) is 0 Å². The van der Waals surface area contributed by atoms with Crippen LogP contribution in [0.5, 0.6) is 0 Å². The molecule has 2 N–H and O–H groups in total. The van der Waals surface area contributed by atoms with E-state index in [9.17, 15) is 4.79 Å². The highest BCUT2D eigenvalue weighted by Crippen LogP contribution is 2.39. The van der Waals surface area contributed by atoms with Gasteiger partial charge in [-0.2, -0.15) is 5.10 Å². The van der Waals surface area contributed by atoms with Crippen LogP contribution in [0.25, 0.3) is 0 Å². The van der Waals surface area contributed by atoms with Crippen molar-refractivity contribution in [2.45, 2.75) is 77.7 Å². The smallest absolute Gasteiger partial charge is 0.208 e. The van der Waals surface area contributed by atoms with E-state index in [1.807, 2.05) is 13.8 Å². The van der Waals surface area contributed by atoms with Gasteiger partial charge in [-0.25, -0.2) is 0 Å². The molecule has 0 aromatic heterocycles. The Morgan fingerprint density at radius 1 is 1.41 bits per heavy atom. The zero-order valence-corrected chi connectivity index (χ0v) is 16.0. The second kappa shape index (κ2) is 6.39. The highest BCUT2D eigenvalue weighted by Gasteiger charge is 2.47. The van der Waals surface area contributed by atoms with Crippen LogP contribution in [-0.4, -0.2) is 44.4 Å². The van der Waals surface area contributed by atoms with Crippen LogP contribution in [-0.2, 0) is 18.7 Å². The van der Waals surface area contributed by atoms with Gasteiger partial charge in [0.05, 0.1) is 6.61 Å². The third-order valence-electron chi connectivity index (χ3n) is 4.40. The summed E-state index contributed by atoms with van der Waals surface area (Å²) in [6.45, 7) is 16.1. The first-order valence-electron chi connectivity index (χ1n) is 7.59. The van der Waals surface area contributed by atoms with Crippen LogP contribution in [0.15, 0.2) is 5.10 Å². The molecule has 1 heterocycles. The molecule has 2 atom stereocenters. The molecular weight excluding hydrogens is 300 g/mol. The van der Waals surface area contributed by atoms with Crippen molar-refractivity contribution in [3.05, 3.63) is 0 Å². The third-order valence-corrected chi connectivity index (χ3v) is 8.86. The van der Waals surface area contributed by atoms with E-state index in [1.54, 1.807) is 6.92 Å². The van der Waals surface area contributed by atoms with Gasteiger partial charge in [-0.15, -0.1) is 0 Å². The zero-order valence-electron chi connectivity index (χ0n) is 15.0. The molecule has 0 radical (unpaired) electrons. The van der Waals surface area contributed by atoms with Gasteiger partial charge in [0, 0.05) is 0 Å². The number of carbonyl (C=O) groups is 1. The van der Waals surface area contributed by atoms with Gasteiger partial charge in [-0.05, 0) is 38.9 Å². The Morgan fingerprint density at radius 3 is 2.32 bits per heavy atom. The van der Waals surface area contributed by atoms with E-state index >= 15 is 0 Å². The van der Waals surface area contributed by atoms with Crippen molar-refractivity contribution in [1.29, 1.82) is 0 Å². The quantitative estimate of drug-likeness (QED) is 0.362. The van der Waals surface area contributed by atoms with E-state index in [4.69, 9.17) is 19.7 Å². The molecule has 0 bridgehead atoms. The monoisotopic (exact) mass is 330 g/mol. The van der Waals surface area contributed by atoms with Gasteiger partial charge in [0.1, 0.15) is 17.9 Å². The molecule has 0 aromatic carbocycles. The topological polar surface area (TPSA) is 83.1 Å². The van der Waals surface area contributed by atoms with Gasteiger partial charge in [0.25, 0.3) is 0 Å². The maximum Gasteiger partial charge on any atom is 0.208 e. The van der Waals surface area contributed by atoms with Gasteiger partial charge in [0.15, 0.2) is 14.1 Å². The van der Waals surface area contributed by atoms with Crippen LogP contribution >= 0.6 is 0 Å². The van der Waals surface area contributed by atoms with E-state index in [0.29, 0.717) is 6.61 Å². The van der Waals surface area contributed by atoms with Crippen molar-refractivity contribution in [2.24, 2.45) is 10.9 Å². The highest BCUT2D eigenvalue weighted by atomic mass is 28.4. The standard InChI is InChI=1S/C15H30N2O4Si/c1-10(17-16)12(18)13(11-9-19-15(5,6)20-11)21-22(7,8)14(2,3)4/h11,13H,9,16H2,1-8H3/t11-,13-/m1/s1. The Morgan fingerprint density at radius 2 is 1.95 bits per heavy atom. The summed E-state index contributed by atoms with van der Waals surface area (Å²) in [5.74, 6) is 4.31. The maximum absolute atomic E-state index is 12.6. The van der Waals surface area contributed by atoms with Crippen molar-refractivity contribution in [2.75, 3.05) is 6.61 Å². The number of hydrazone groups is 1. The molecule has 0 unspecified atom stereocenters. The van der Waals surface area contributed by atoms with Gasteiger partial charge in [-0.1, -0.05) is 20.8 Å². The molecule has 1 fully saturated rings. The Balaban J connectivity index is 3.06. The van der Waals surface area contributed by atoms with Gasteiger partial charge in [0.2, 0.25) is 5.78 Å². The first kappa shape index (κ1) is 19.3. The van der Waals surface area contributed by atoms with E-state index in [1.165, 1.54) is 0 Å². The van der Waals surface area contributed by atoms with E-state index in [2.05, 4.69) is 39.0 Å². The lowest BCUT2D eigenvalue weighted by molar-refractivity contribution is -0.153. The fraction of sp³-hybridized carbons (Fsp3) is 0.867. The summed E-state index contributed by atoms with van der Waals surface area (Å²) in [4.78, 5) is 12.6.